The van der Waals surface area contributed by atoms with Crippen molar-refractivity contribution < 1.29 is 8.42 Å². The van der Waals surface area contributed by atoms with Crippen molar-refractivity contribution in [2.24, 2.45) is 0 Å². The van der Waals surface area contributed by atoms with Gasteiger partial charge in [0.05, 0.1) is 22.3 Å². The molecule has 0 aliphatic carbocycles. The zero-order valence-electron chi connectivity index (χ0n) is 10.8. The number of benzene rings is 1. The summed E-state index contributed by atoms with van der Waals surface area (Å²) >= 11 is 11.4. The van der Waals surface area contributed by atoms with Gasteiger partial charge in [0.15, 0.2) is 0 Å². The van der Waals surface area contributed by atoms with Crippen molar-refractivity contribution in [1.82, 2.24) is 4.98 Å². The summed E-state index contributed by atoms with van der Waals surface area (Å²) in [7, 11) is -3.87. The average Bonchev–Trinajstić information content (AvgIpc) is 2.44. The third-order valence-electron chi connectivity index (χ3n) is 2.69. The predicted octanol–water partition coefficient (Wildman–Crippen LogP) is 3.37. The number of hydrogen-bond acceptors (Lipinski definition) is 4. The van der Waals surface area contributed by atoms with Crippen LogP contribution >= 0.6 is 23.2 Å². The highest BCUT2D eigenvalue weighted by molar-refractivity contribution is 7.92. The molecule has 1 aromatic carbocycles. The number of hydrogen-bond donors (Lipinski definition) is 1. The molecule has 5 nitrogen and oxygen atoms in total. The lowest BCUT2D eigenvalue weighted by Gasteiger charge is -2.11. The number of sulfonamides is 1. The van der Waals surface area contributed by atoms with Gasteiger partial charge in [-0.25, -0.2) is 13.4 Å². The molecule has 0 saturated carbocycles. The first-order valence-corrected chi connectivity index (χ1v) is 7.92. The second-order valence-corrected chi connectivity index (χ2v) is 6.64. The summed E-state index contributed by atoms with van der Waals surface area (Å²) < 4.78 is 27.0. The number of aromatic nitrogens is 1. The van der Waals surface area contributed by atoms with E-state index in [1.165, 1.54) is 12.1 Å². The van der Waals surface area contributed by atoms with Crippen LogP contribution in [0.1, 0.15) is 11.1 Å². The summed E-state index contributed by atoms with van der Waals surface area (Å²) in [4.78, 5) is 3.59. The van der Waals surface area contributed by atoms with E-state index in [2.05, 4.69) is 9.71 Å². The topological polar surface area (TPSA) is 82.9 Å². The molecule has 1 aromatic heterocycles. The number of nitrogens with one attached hydrogen (secondary N) is 1. The highest BCUT2D eigenvalue weighted by Crippen LogP contribution is 2.25. The average molecular weight is 342 g/mol. The van der Waals surface area contributed by atoms with Crippen LogP contribution in [0.4, 0.5) is 5.69 Å². The lowest BCUT2D eigenvalue weighted by Crippen LogP contribution is -2.14. The molecule has 0 aliphatic rings. The van der Waals surface area contributed by atoms with Gasteiger partial charge in [0.25, 0.3) is 10.0 Å². The maximum Gasteiger partial charge on any atom is 0.263 e. The maximum absolute atomic E-state index is 12.3. The predicted molar refractivity (Wildman–Crippen MR) is 81.0 cm³/mol. The van der Waals surface area contributed by atoms with Gasteiger partial charge < -0.3 is 0 Å². The lowest BCUT2D eigenvalue weighted by atomic mass is 10.1. The van der Waals surface area contributed by atoms with Gasteiger partial charge in [-0.15, -0.1) is 0 Å². The fraction of sp³-hybridized carbons (Fsp3) is 0.0769. The molecule has 1 heterocycles. The summed E-state index contributed by atoms with van der Waals surface area (Å²) in [6.45, 7) is 1.73. The van der Waals surface area contributed by atoms with Gasteiger partial charge in [0, 0.05) is 6.20 Å². The quantitative estimate of drug-likeness (QED) is 0.867. The van der Waals surface area contributed by atoms with Gasteiger partial charge in [-0.05, 0) is 30.7 Å². The Kier molecular flexibility index (Phi) is 4.37. The normalized spacial score (nSPS) is 11.0. The third kappa shape index (κ3) is 3.45. The Hall–Kier alpha value is -1.81. The molecule has 1 N–H and O–H groups in total. The van der Waals surface area contributed by atoms with Crippen LogP contribution in [-0.2, 0) is 10.0 Å². The smallest absolute Gasteiger partial charge is 0.263 e. The van der Waals surface area contributed by atoms with Crippen LogP contribution in [0.2, 0.25) is 10.2 Å². The summed E-state index contributed by atoms with van der Waals surface area (Å²) in [6.07, 6.45) is 1.11. The van der Waals surface area contributed by atoms with Crippen molar-refractivity contribution in [3.8, 4) is 6.07 Å². The molecule has 2 rings (SSSR count). The Morgan fingerprint density at radius 1 is 1.29 bits per heavy atom. The van der Waals surface area contributed by atoms with Gasteiger partial charge in [0.1, 0.15) is 10.0 Å². The minimum absolute atomic E-state index is 0.0262. The third-order valence-corrected chi connectivity index (χ3v) is 4.71. The Labute approximate surface area is 132 Å². The van der Waals surface area contributed by atoms with Crippen molar-refractivity contribution >= 4 is 38.9 Å². The molecule has 0 bridgehead atoms. The number of nitrogens with zero attached hydrogens (tertiary/aromatic N) is 2. The molecule has 0 saturated heterocycles. The summed E-state index contributed by atoms with van der Waals surface area (Å²) in [5.74, 6) is 0. The van der Waals surface area contributed by atoms with E-state index in [-0.39, 0.29) is 15.1 Å². The minimum Gasteiger partial charge on any atom is -0.279 e. The first-order chi connectivity index (χ1) is 9.83. The van der Waals surface area contributed by atoms with Crippen molar-refractivity contribution in [3.05, 3.63) is 51.8 Å². The second-order valence-electron chi connectivity index (χ2n) is 4.19. The van der Waals surface area contributed by atoms with E-state index in [1.54, 1.807) is 19.1 Å². The van der Waals surface area contributed by atoms with E-state index in [0.29, 0.717) is 16.8 Å². The number of halogens is 2. The molecule has 108 valence electrons. The second kappa shape index (κ2) is 5.90. The Morgan fingerprint density at radius 3 is 2.62 bits per heavy atom. The molecule has 8 heteroatoms. The molecule has 0 unspecified atom stereocenters. The van der Waals surface area contributed by atoms with Gasteiger partial charge in [0.2, 0.25) is 0 Å². The van der Waals surface area contributed by atoms with Gasteiger partial charge >= 0.3 is 0 Å². The maximum atomic E-state index is 12.3. The fourth-order valence-electron chi connectivity index (χ4n) is 1.56. The molecule has 2 aromatic rings. The SMILES string of the molecule is Cc1ccc(C#N)cc1NS(=O)(=O)c1cnc(Cl)c(Cl)c1. The van der Waals surface area contributed by atoms with Gasteiger partial charge in [-0.2, -0.15) is 5.26 Å². The van der Waals surface area contributed by atoms with E-state index >= 15 is 0 Å². The monoisotopic (exact) mass is 341 g/mol. The van der Waals surface area contributed by atoms with Gasteiger partial charge in [-0.1, -0.05) is 29.3 Å². The van der Waals surface area contributed by atoms with Crippen LogP contribution in [0.3, 0.4) is 0 Å². The largest absolute Gasteiger partial charge is 0.279 e. The number of nitriles is 1. The van der Waals surface area contributed by atoms with Crippen LogP contribution in [0, 0.1) is 18.3 Å². The molecule has 0 radical (unpaired) electrons. The number of pyridine rings is 1. The molecule has 21 heavy (non-hydrogen) atoms. The van der Waals surface area contributed by atoms with Crippen LogP contribution in [0.25, 0.3) is 0 Å². The summed E-state index contributed by atoms with van der Waals surface area (Å²) in [5.41, 5.74) is 1.36. The van der Waals surface area contributed by atoms with Crippen molar-refractivity contribution in [1.29, 1.82) is 5.26 Å². The van der Waals surface area contributed by atoms with E-state index in [1.807, 2.05) is 6.07 Å². The highest BCUT2D eigenvalue weighted by Gasteiger charge is 2.17. The zero-order valence-corrected chi connectivity index (χ0v) is 13.1. The Balaban J connectivity index is 2.42. The zero-order chi connectivity index (χ0) is 15.6. The van der Waals surface area contributed by atoms with E-state index in [9.17, 15) is 8.42 Å². The lowest BCUT2D eigenvalue weighted by molar-refractivity contribution is 0.601. The van der Waals surface area contributed by atoms with E-state index in [4.69, 9.17) is 28.5 Å². The molecule has 0 amide bonds. The van der Waals surface area contributed by atoms with Crippen LogP contribution in [0.5, 0.6) is 0 Å². The Bertz CT molecular complexity index is 845. The van der Waals surface area contributed by atoms with Crippen molar-refractivity contribution in [2.45, 2.75) is 11.8 Å². The van der Waals surface area contributed by atoms with Gasteiger partial charge in [-0.3, -0.25) is 4.72 Å². The number of aryl methyl sites for hydroxylation is 1. The summed E-state index contributed by atoms with van der Waals surface area (Å²) in [6, 6.07) is 7.88. The minimum atomic E-state index is -3.87. The van der Waals surface area contributed by atoms with Crippen LogP contribution in [-0.4, -0.2) is 13.4 Å². The van der Waals surface area contributed by atoms with Crippen LogP contribution < -0.4 is 4.72 Å². The standard InChI is InChI=1S/C13H9Cl2N3O2S/c1-8-2-3-9(6-16)4-12(8)18-21(19,20)10-5-11(14)13(15)17-7-10/h2-5,7,18H,1H3. The number of rotatable bonds is 3. The van der Waals surface area contributed by atoms with E-state index < -0.39 is 10.0 Å². The van der Waals surface area contributed by atoms with Crippen molar-refractivity contribution in [2.75, 3.05) is 4.72 Å². The fourth-order valence-corrected chi connectivity index (χ4v) is 2.98. The molecular weight excluding hydrogens is 333 g/mol. The van der Waals surface area contributed by atoms with E-state index in [0.717, 1.165) is 6.20 Å². The van der Waals surface area contributed by atoms with Crippen LogP contribution in [0.15, 0.2) is 35.4 Å². The molecule has 0 aliphatic heterocycles. The number of anilines is 1. The molecule has 0 fully saturated rings. The Morgan fingerprint density at radius 2 is 2.00 bits per heavy atom. The highest BCUT2D eigenvalue weighted by atomic mass is 35.5. The first kappa shape index (κ1) is 15.6. The summed E-state index contributed by atoms with van der Waals surface area (Å²) in [5, 5.41) is 8.94. The molecule has 0 spiro atoms. The molecular formula is C13H9Cl2N3O2S. The van der Waals surface area contributed by atoms with Crippen molar-refractivity contribution in [3.63, 3.8) is 0 Å². The molecule has 0 atom stereocenters. The first-order valence-electron chi connectivity index (χ1n) is 5.68.